The fraction of sp³-hybridized carbons (Fsp3) is 0.486. The molecule has 0 amide bonds. The van der Waals surface area contributed by atoms with Gasteiger partial charge >= 0.3 is 6.01 Å². The van der Waals surface area contributed by atoms with Crippen molar-refractivity contribution >= 4 is 34.3 Å². The fourth-order valence-corrected chi connectivity index (χ4v) is 8.32. The molecule has 4 aliphatic heterocycles. The number of nitrogens with zero attached hydrogens (tertiary/aromatic N) is 5. The summed E-state index contributed by atoms with van der Waals surface area (Å²) in [6, 6.07) is 11.6. The normalized spacial score (nSPS) is 26.2. The molecule has 47 heavy (non-hydrogen) atoms. The highest BCUT2D eigenvalue weighted by Crippen LogP contribution is 2.44. The predicted molar refractivity (Wildman–Crippen MR) is 184 cm³/mol. The molecule has 0 aliphatic carbocycles. The summed E-state index contributed by atoms with van der Waals surface area (Å²) in [5.74, 6) is 2.69. The van der Waals surface area contributed by atoms with Gasteiger partial charge in [0, 0.05) is 73.7 Å². The van der Waals surface area contributed by atoms with Gasteiger partial charge in [-0.25, -0.2) is 4.39 Å². The first kappa shape index (κ1) is 31.6. The Morgan fingerprint density at radius 2 is 2.02 bits per heavy atom. The number of piperazine rings is 1. The number of ether oxygens (including phenoxy) is 2. The van der Waals surface area contributed by atoms with E-state index in [1.54, 1.807) is 32.2 Å². The van der Waals surface area contributed by atoms with Gasteiger partial charge in [0.05, 0.1) is 5.54 Å². The number of rotatable bonds is 10. The van der Waals surface area contributed by atoms with Crippen LogP contribution in [0.1, 0.15) is 68.7 Å². The third kappa shape index (κ3) is 6.08. The van der Waals surface area contributed by atoms with Crippen LogP contribution in [0, 0.1) is 12.3 Å². The third-order valence-electron chi connectivity index (χ3n) is 10.5. The van der Waals surface area contributed by atoms with E-state index in [1.807, 2.05) is 12.1 Å². The lowest BCUT2D eigenvalue weighted by molar-refractivity contribution is 0.0717. The van der Waals surface area contributed by atoms with Gasteiger partial charge in [-0.3, -0.25) is 9.89 Å². The van der Waals surface area contributed by atoms with Crippen LogP contribution in [0.15, 0.2) is 41.4 Å². The molecule has 10 heteroatoms. The lowest BCUT2D eigenvalue weighted by Gasteiger charge is -2.35. The Balaban J connectivity index is 1.29. The van der Waals surface area contributed by atoms with Crippen LogP contribution in [0.2, 0.25) is 0 Å². The number of benzene rings is 2. The molecular weight excluding hydrogens is 595 g/mol. The fourth-order valence-electron chi connectivity index (χ4n) is 8.32. The molecule has 4 fully saturated rings. The Kier molecular flexibility index (Phi) is 8.88. The van der Waals surface area contributed by atoms with Crippen molar-refractivity contribution in [2.75, 3.05) is 44.9 Å². The van der Waals surface area contributed by atoms with Crippen molar-refractivity contribution in [1.82, 2.24) is 20.2 Å². The largest absolute Gasteiger partial charge is 0.508 e. The average Bonchev–Trinajstić information content (AvgIpc) is 3.76. The van der Waals surface area contributed by atoms with Crippen molar-refractivity contribution in [1.29, 1.82) is 0 Å². The second-order valence-electron chi connectivity index (χ2n) is 13.3. The zero-order chi connectivity index (χ0) is 32.5. The number of methoxy groups -OCH3 is 1. The van der Waals surface area contributed by atoms with Gasteiger partial charge in [0.1, 0.15) is 29.6 Å². The summed E-state index contributed by atoms with van der Waals surface area (Å²) >= 11 is 0. The number of phenolic OH excluding ortho intramolecular Hbond substituents is 1. The number of hydrogen-bond acceptors (Lipinski definition) is 9. The van der Waals surface area contributed by atoms with Crippen molar-refractivity contribution in [2.45, 2.75) is 75.5 Å². The quantitative estimate of drug-likeness (QED) is 0.220. The molecule has 246 valence electrons. The molecule has 0 radical (unpaired) electrons. The lowest BCUT2D eigenvalue weighted by Crippen LogP contribution is -2.51. The smallest absolute Gasteiger partial charge is 0.319 e. The van der Waals surface area contributed by atoms with E-state index in [9.17, 15) is 5.11 Å². The average molecular weight is 639 g/mol. The van der Waals surface area contributed by atoms with Gasteiger partial charge in [-0.2, -0.15) is 9.97 Å². The van der Waals surface area contributed by atoms with Crippen LogP contribution in [0.4, 0.5) is 10.2 Å². The second kappa shape index (κ2) is 13.2. The summed E-state index contributed by atoms with van der Waals surface area (Å²) in [5, 5.41) is 15.6. The first-order valence-corrected chi connectivity index (χ1v) is 16.8. The van der Waals surface area contributed by atoms with Crippen LogP contribution >= 0.6 is 0 Å². The predicted octanol–water partition coefficient (Wildman–Crippen LogP) is 5.56. The molecule has 9 nitrogen and oxygen atoms in total. The van der Waals surface area contributed by atoms with Gasteiger partial charge in [0.25, 0.3) is 0 Å². The summed E-state index contributed by atoms with van der Waals surface area (Å²) in [4.78, 5) is 18.8. The Hall–Kier alpha value is -4.04. The van der Waals surface area contributed by atoms with Crippen LogP contribution in [0.5, 0.6) is 11.8 Å². The van der Waals surface area contributed by atoms with Crippen molar-refractivity contribution < 1.29 is 19.0 Å². The summed E-state index contributed by atoms with van der Waals surface area (Å²) in [6.07, 6.45) is 14.9. The molecule has 3 aromatic rings. The Morgan fingerprint density at radius 1 is 1.19 bits per heavy atom. The first-order chi connectivity index (χ1) is 22.9. The Labute approximate surface area is 275 Å². The van der Waals surface area contributed by atoms with E-state index >= 15 is 4.39 Å². The molecule has 0 spiro atoms. The number of hydrogen-bond donors (Lipinski definition) is 2. The van der Waals surface area contributed by atoms with Crippen LogP contribution < -0.4 is 15.0 Å². The van der Waals surface area contributed by atoms with Crippen molar-refractivity contribution in [3.8, 4) is 24.1 Å². The van der Waals surface area contributed by atoms with Crippen molar-refractivity contribution in [3.05, 3.63) is 53.2 Å². The molecule has 2 aromatic carbocycles. The van der Waals surface area contributed by atoms with Gasteiger partial charge in [0.15, 0.2) is 5.83 Å². The van der Waals surface area contributed by atoms with Crippen LogP contribution in [0.25, 0.3) is 22.3 Å². The molecule has 5 heterocycles. The van der Waals surface area contributed by atoms with Gasteiger partial charge in [0.2, 0.25) is 0 Å². The molecular formula is C37H43FN6O3. The van der Waals surface area contributed by atoms with Crippen LogP contribution in [-0.2, 0) is 4.74 Å². The zero-order valence-electron chi connectivity index (χ0n) is 27.2. The maximum Gasteiger partial charge on any atom is 0.319 e. The maximum absolute atomic E-state index is 17.0. The molecule has 4 saturated heterocycles. The number of aromatic nitrogens is 2. The number of anilines is 1. The number of halogens is 1. The highest BCUT2D eigenvalue weighted by atomic mass is 19.1. The standard InChI is InChI=1S/C37H43FN6O3/c1-4-24-8-6-9-25-18-29(45)19-30(33(24)25)35(39-5-2)34(38)31-20-32(43-21-26-10-11-27(22-43)40-26)42-36(41-31)47-23-37-14-7-16-44(37)28(12-15-37)13-17-46-3/h1,5-6,8-9,18-20,26-28,40,45H,7,10-17,21-23H2,2-3H3/b35-34+,39-5?/t26?,27?,28-,37?/m1/s1. The van der Waals surface area contributed by atoms with E-state index in [0.717, 1.165) is 71.2 Å². The first-order valence-electron chi connectivity index (χ1n) is 16.8. The zero-order valence-corrected chi connectivity index (χ0v) is 27.2. The number of phenols is 1. The van der Waals surface area contributed by atoms with Crippen LogP contribution in [-0.4, -0.2) is 89.8 Å². The third-order valence-corrected chi connectivity index (χ3v) is 10.5. The Bertz CT molecular complexity index is 1740. The summed E-state index contributed by atoms with van der Waals surface area (Å²) in [5.41, 5.74) is 1.00. The molecule has 1 aromatic heterocycles. The van der Waals surface area contributed by atoms with E-state index in [0.29, 0.717) is 52.4 Å². The topological polar surface area (TPSA) is 95.3 Å². The monoisotopic (exact) mass is 638 g/mol. The Morgan fingerprint density at radius 3 is 2.79 bits per heavy atom. The number of terminal acetylenes is 1. The highest BCUT2D eigenvalue weighted by molar-refractivity contribution is 6.03. The number of aliphatic imine (C=N–C) groups is 1. The van der Waals surface area contributed by atoms with Gasteiger partial charge in [-0.1, -0.05) is 18.1 Å². The minimum atomic E-state index is -0.644. The summed E-state index contributed by atoms with van der Waals surface area (Å²) < 4.78 is 28.9. The summed E-state index contributed by atoms with van der Waals surface area (Å²) in [6.45, 7) is 5.51. The maximum atomic E-state index is 17.0. The van der Waals surface area contributed by atoms with Gasteiger partial charge < -0.3 is 24.8 Å². The molecule has 0 saturated carbocycles. The van der Waals surface area contributed by atoms with Gasteiger partial charge in [-0.05, 0) is 82.0 Å². The molecule has 3 unspecified atom stereocenters. The number of nitrogens with one attached hydrogen (secondary N) is 1. The van der Waals surface area contributed by atoms with E-state index < -0.39 is 5.83 Å². The number of aromatic hydroxyl groups is 1. The number of fused-ring (bicyclic) bond motifs is 4. The molecule has 2 bridgehead atoms. The summed E-state index contributed by atoms with van der Waals surface area (Å²) in [7, 11) is 1.75. The minimum absolute atomic E-state index is 0.0114. The minimum Gasteiger partial charge on any atom is -0.508 e. The molecule has 7 rings (SSSR count). The van der Waals surface area contributed by atoms with E-state index in [-0.39, 0.29) is 28.7 Å². The second-order valence-corrected chi connectivity index (χ2v) is 13.3. The van der Waals surface area contributed by atoms with Gasteiger partial charge in [-0.15, -0.1) is 6.42 Å². The lowest BCUT2D eigenvalue weighted by atomic mass is 9.95. The van der Waals surface area contributed by atoms with Crippen molar-refractivity contribution in [2.24, 2.45) is 4.99 Å². The highest BCUT2D eigenvalue weighted by Gasteiger charge is 2.49. The molecule has 4 aliphatic rings. The SMILES string of the molecule is C#Cc1cccc2cc(O)cc(/C(N=CC)=C(\F)c3cc(N4CC5CCC(C4)N5)nc(OCC45CCCN4[C@@H](CCOC)CC5)n3)c12. The van der Waals surface area contributed by atoms with E-state index in [1.165, 1.54) is 12.3 Å². The molecule has 4 atom stereocenters. The van der Waals surface area contributed by atoms with E-state index in [2.05, 4.69) is 31.0 Å². The van der Waals surface area contributed by atoms with Crippen molar-refractivity contribution in [3.63, 3.8) is 0 Å². The van der Waals surface area contributed by atoms with E-state index in [4.69, 9.17) is 20.9 Å². The van der Waals surface area contributed by atoms with Crippen LogP contribution in [0.3, 0.4) is 0 Å². The molecule has 2 N–H and O–H groups in total.